The Morgan fingerprint density at radius 2 is 1.83 bits per heavy atom. The fourth-order valence-electron chi connectivity index (χ4n) is 1.62. The lowest BCUT2D eigenvalue weighted by Crippen LogP contribution is -2.16. The van der Waals surface area contributed by atoms with Crippen molar-refractivity contribution in [1.82, 2.24) is 0 Å². The molecule has 0 saturated heterocycles. The molecule has 1 rings (SSSR count). The predicted molar refractivity (Wildman–Crippen MR) is 50.5 cm³/mol. The first kappa shape index (κ1) is 9.99. The fraction of sp³-hybridized carbons (Fsp3) is 1.00. The summed E-state index contributed by atoms with van der Waals surface area (Å²) in [6, 6.07) is 0.128. The average molecular weight is 191 g/mol. The summed E-state index contributed by atoms with van der Waals surface area (Å²) in [5, 5.41) is 0. The van der Waals surface area contributed by atoms with Gasteiger partial charge in [0, 0.05) is 6.26 Å². The Bertz CT molecular complexity index is 240. The average Bonchev–Trinajstić information content (AvgIpc) is 1.91. The summed E-state index contributed by atoms with van der Waals surface area (Å²) in [5.74, 6) is 0.767. The molecule has 0 aliphatic heterocycles. The number of nitrogens with zero attached hydrogens (tertiary/aromatic N) is 1. The van der Waals surface area contributed by atoms with Crippen molar-refractivity contribution in [3.8, 4) is 0 Å². The number of hydrogen-bond donors (Lipinski definition) is 1. The summed E-state index contributed by atoms with van der Waals surface area (Å²) in [4.78, 5) is 0. The quantitative estimate of drug-likeness (QED) is 0.690. The lowest BCUT2D eigenvalue weighted by molar-refractivity contribution is 0.348. The highest BCUT2D eigenvalue weighted by Crippen LogP contribution is 2.25. The molecule has 0 aromatic heterocycles. The summed E-state index contributed by atoms with van der Waals surface area (Å²) < 4.78 is 23.8. The highest BCUT2D eigenvalue weighted by Gasteiger charge is 2.18. The standard InChI is InChI=1S/C8H17NO2S/c1-7-3-5-8(6-4-7)9-12(2,10)11/h7-8H,3-6H2,1-2H3,(H,9,10,11). The van der Waals surface area contributed by atoms with Gasteiger partial charge in [0.1, 0.15) is 0 Å². The van der Waals surface area contributed by atoms with Crippen LogP contribution in [0.5, 0.6) is 0 Å². The third kappa shape index (κ3) is 3.54. The van der Waals surface area contributed by atoms with E-state index in [0.717, 1.165) is 31.6 Å². The lowest BCUT2D eigenvalue weighted by atomic mass is 9.88. The van der Waals surface area contributed by atoms with E-state index in [1.807, 2.05) is 0 Å². The molecule has 1 saturated carbocycles. The van der Waals surface area contributed by atoms with Crippen LogP contribution in [0.15, 0.2) is 4.36 Å². The minimum absolute atomic E-state index is 0.128. The van der Waals surface area contributed by atoms with Gasteiger partial charge in [0.2, 0.25) is 0 Å². The Labute approximate surface area is 74.6 Å². The summed E-state index contributed by atoms with van der Waals surface area (Å²) in [5.41, 5.74) is 0. The second-order valence-corrected chi connectivity index (χ2v) is 5.52. The fourth-order valence-corrected chi connectivity index (χ4v) is 2.39. The summed E-state index contributed by atoms with van der Waals surface area (Å²) in [6.45, 7) is 2.22. The highest BCUT2D eigenvalue weighted by molar-refractivity contribution is 7.87. The van der Waals surface area contributed by atoms with Crippen molar-refractivity contribution in [2.75, 3.05) is 6.26 Å². The van der Waals surface area contributed by atoms with Gasteiger partial charge in [-0.3, -0.25) is 0 Å². The zero-order valence-corrected chi connectivity index (χ0v) is 8.51. The van der Waals surface area contributed by atoms with Gasteiger partial charge in [-0.25, -0.2) is 8.57 Å². The van der Waals surface area contributed by atoms with E-state index in [4.69, 9.17) is 4.55 Å². The van der Waals surface area contributed by atoms with Crippen molar-refractivity contribution in [2.24, 2.45) is 10.3 Å². The zero-order chi connectivity index (χ0) is 9.19. The van der Waals surface area contributed by atoms with Gasteiger partial charge in [0.05, 0.1) is 6.04 Å². The topological polar surface area (TPSA) is 49.7 Å². The van der Waals surface area contributed by atoms with Crippen LogP contribution in [-0.2, 0) is 10.0 Å². The summed E-state index contributed by atoms with van der Waals surface area (Å²) >= 11 is 0. The third-order valence-corrected chi connectivity index (χ3v) is 3.02. The molecule has 72 valence electrons. The van der Waals surface area contributed by atoms with Crippen LogP contribution >= 0.6 is 0 Å². The van der Waals surface area contributed by atoms with Gasteiger partial charge in [0.15, 0.2) is 10.0 Å². The Hall–Kier alpha value is -0.0900. The van der Waals surface area contributed by atoms with Crippen LogP contribution in [0.1, 0.15) is 32.6 Å². The van der Waals surface area contributed by atoms with E-state index in [2.05, 4.69) is 11.3 Å². The Morgan fingerprint density at radius 1 is 1.33 bits per heavy atom. The molecule has 0 heterocycles. The molecule has 12 heavy (non-hydrogen) atoms. The van der Waals surface area contributed by atoms with Crippen LogP contribution < -0.4 is 0 Å². The number of rotatable bonds is 1. The minimum atomic E-state index is -2.87. The first-order valence-corrected chi connectivity index (χ1v) is 6.29. The molecule has 1 aliphatic carbocycles. The van der Waals surface area contributed by atoms with Crippen LogP contribution in [0, 0.1) is 5.92 Å². The first-order valence-electron chi connectivity index (χ1n) is 4.41. The second-order valence-electron chi connectivity index (χ2n) is 3.78. The molecule has 0 bridgehead atoms. The van der Waals surface area contributed by atoms with Crippen LogP contribution in [0.4, 0.5) is 0 Å². The lowest BCUT2D eigenvalue weighted by Gasteiger charge is -2.22. The second kappa shape index (κ2) is 3.75. The van der Waals surface area contributed by atoms with Crippen molar-refractivity contribution >= 4 is 10.0 Å². The zero-order valence-electron chi connectivity index (χ0n) is 7.69. The molecule has 0 aromatic rings. The highest BCUT2D eigenvalue weighted by atomic mass is 32.2. The van der Waals surface area contributed by atoms with Gasteiger partial charge in [0.25, 0.3) is 0 Å². The van der Waals surface area contributed by atoms with E-state index in [-0.39, 0.29) is 6.04 Å². The molecule has 0 aromatic carbocycles. The van der Waals surface area contributed by atoms with Crippen molar-refractivity contribution in [3.63, 3.8) is 0 Å². The maximum Gasteiger partial charge on any atom is 0.158 e. The first-order chi connectivity index (χ1) is 5.47. The van der Waals surface area contributed by atoms with Gasteiger partial charge < -0.3 is 4.55 Å². The van der Waals surface area contributed by atoms with E-state index in [1.54, 1.807) is 0 Å². The van der Waals surface area contributed by atoms with E-state index in [0.29, 0.717) is 0 Å². The maximum atomic E-state index is 10.9. The molecule has 0 amide bonds. The molecule has 1 aliphatic rings. The van der Waals surface area contributed by atoms with E-state index < -0.39 is 10.0 Å². The van der Waals surface area contributed by atoms with Gasteiger partial charge in [-0.05, 0) is 31.6 Å². The van der Waals surface area contributed by atoms with Gasteiger partial charge in [-0.1, -0.05) is 6.92 Å². The Kier molecular flexibility index (Phi) is 3.12. The van der Waals surface area contributed by atoms with E-state index in [1.165, 1.54) is 6.26 Å². The molecule has 1 N–H and O–H groups in total. The molecule has 3 nitrogen and oxygen atoms in total. The Morgan fingerprint density at radius 3 is 2.25 bits per heavy atom. The molecular weight excluding hydrogens is 174 g/mol. The summed E-state index contributed by atoms with van der Waals surface area (Å²) in [7, 11) is -2.87. The van der Waals surface area contributed by atoms with E-state index >= 15 is 0 Å². The number of hydrogen-bond acceptors (Lipinski definition) is 2. The molecule has 0 radical (unpaired) electrons. The molecule has 0 spiro atoms. The monoisotopic (exact) mass is 191 g/mol. The van der Waals surface area contributed by atoms with Crippen molar-refractivity contribution in [2.45, 2.75) is 38.6 Å². The maximum absolute atomic E-state index is 10.9. The normalized spacial score (nSPS) is 35.6. The summed E-state index contributed by atoms with van der Waals surface area (Å²) in [6.07, 6.45) is 5.53. The SMILES string of the molecule is CC1CCC(N=S(C)(=O)O)CC1. The van der Waals surface area contributed by atoms with Crippen molar-refractivity contribution in [3.05, 3.63) is 0 Å². The van der Waals surface area contributed by atoms with Gasteiger partial charge in [-0.15, -0.1) is 0 Å². The largest absolute Gasteiger partial charge is 0.301 e. The molecule has 1 unspecified atom stereocenters. The van der Waals surface area contributed by atoms with E-state index in [9.17, 15) is 4.21 Å². The van der Waals surface area contributed by atoms with Crippen molar-refractivity contribution < 1.29 is 8.76 Å². The molecule has 4 heteroatoms. The van der Waals surface area contributed by atoms with Crippen LogP contribution in [0.2, 0.25) is 0 Å². The third-order valence-electron chi connectivity index (χ3n) is 2.33. The van der Waals surface area contributed by atoms with Crippen molar-refractivity contribution in [1.29, 1.82) is 0 Å². The smallest absolute Gasteiger partial charge is 0.158 e. The van der Waals surface area contributed by atoms with Crippen LogP contribution in [0.3, 0.4) is 0 Å². The molecular formula is C8H17NO2S. The molecule has 1 atom stereocenters. The Balaban J connectivity index is 2.52. The van der Waals surface area contributed by atoms with Crippen LogP contribution in [0.25, 0.3) is 0 Å². The molecule has 1 fully saturated rings. The van der Waals surface area contributed by atoms with Gasteiger partial charge >= 0.3 is 0 Å². The minimum Gasteiger partial charge on any atom is -0.301 e. The van der Waals surface area contributed by atoms with Gasteiger partial charge in [-0.2, -0.15) is 0 Å². The van der Waals surface area contributed by atoms with Crippen LogP contribution in [-0.4, -0.2) is 21.1 Å². The predicted octanol–water partition coefficient (Wildman–Crippen LogP) is 2.14.